The van der Waals surface area contributed by atoms with E-state index in [1.54, 1.807) is 0 Å². The van der Waals surface area contributed by atoms with Crippen molar-refractivity contribution in [1.82, 2.24) is 0 Å². The van der Waals surface area contributed by atoms with Crippen molar-refractivity contribution in [1.29, 1.82) is 0 Å². The first-order chi connectivity index (χ1) is 5.29. The zero-order valence-electron chi connectivity index (χ0n) is 5.71. The maximum absolute atomic E-state index is 8.93. The predicted octanol–water partition coefficient (Wildman–Crippen LogP) is -7.03. The molecule has 0 heterocycles. The van der Waals surface area contributed by atoms with Crippen molar-refractivity contribution in [3.05, 3.63) is 0 Å². The molecule has 13 heavy (non-hydrogen) atoms. The maximum atomic E-state index is 8.93. The summed E-state index contributed by atoms with van der Waals surface area (Å²) in [6.45, 7) is 0. The van der Waals surface area contributed by atoms with E-state index in [1.807, 2.05) is 0 Å². The van der Waals surface area contributed by atoms with Crippen LogP contribution in [0.25, 0.3) is 0 Å². The van der Waals surface area contributed by atoms with Gasteiger partial charge in [0.2, 0.25) is 0 Å². The van der Waals surface area contributed by atoms with Crippen LogP contribution in [0.15, 0.2) is 0 Å². The quantitative estimate of drug-likeness (QED) is 0.309. The van der Waals surface area contributed by atoms with Crippen molar-refractivity contribution in [2.75, 3.05) is 0 Å². The van der Waals surface area contributed by atoms with E-state index in [-0.39, 0.29) is 22.4 Å². The molecular weight excluding hydrogens is 269 g/mol. The fourth-order valence-electron chi connectivity index (χ4n) is 0. The Balaban J connectivity index is -0.000000143. The number of aliphatic carboxylic acids is 4. The van der Waals surface area contributed by atoms with Crippen LogP contribution >= 0.6 is 0 Å². The van der Waals surface area contributed by atoms with Gasteiger partial charge in [0, 0.05) is 22.4 Å². The van der Waals surface area contributed by atoms with Crippen LogP contribution in [0.1, 0.15) is 0 Å². The first-order valence-electron chi connectivity index (χ1n) is 2.13. The first-order valence-corrected chi connectivity index (χ1v) is 2.13. The monoisotopic (exact) mass is 269 g/mol. The number of carbonyl (C=O) groups excluding carboxylic acids is 4. The Kier molecular flexibility index (Phi) is 11.8. The molecule has 0 saturated heterocycles. The summed E-state index contributed by atoms with van der Waals surface area (Å²) in [6, 6.07) is 0. The van der Waals surface area contributed by atoms with E-state index in [0.717, 1.165) is 0 Å². The predicted molar refractivity (Wildman–Crippen MR) is 20.0 cm³/mol. The number of carboxylic acid groups (broad SMARTS) is 4. The van der Waals surface area contributed by atoms with Crippen LogP contribution < -0.4 is 20.4 Å². The summed E-state index contributed by atoms with van der Waals surface area (Å²) in [7, 11) is 0. The molecule has 0 amide bonds. The minimum absolute atomic E-state index is 0. The number of hydrogen-bond acceptors (Lipinski definition) is 8. The second kappa shape index (κ2) is 8.71. The average molecular weight is 269 g/mol. The van der Waals surface area contributed by atoms with Crippen LogP contribution in [0.5, 0.6) is 0 Å². The van der Waals surface area contributed by atoms with Crippen LogP contribution in [0.3, 0.4) is 0 Å². The molecule has 73 valence electrons. The van der Waals surface area contributed by atoms with E-state index in [9.17, 15) is 0 Å². The molecule has 1 radical (unpaired) electrons. The largest absolute Gasteiger partial charge is 0.543 e. The van der Waals surface area contributed by atoms with Crippen LogP contribution in [0.2, 0.25) is 0 Å². The van der Waals surface area contributed by atoms with Gasteiger partial charge < -0.3 is 39.6 Å². The van der Waals surface area contributed by atoms with E-state index < -0.39 is 23.9 Å². The Labute approximate surface area is 86.3 Å². The smallest absolute Gasteiger partial charge is 0.0870 e. The fraction of sp³-hybridized carbons (Fsp3) is 0. The van der Waals surface area contributed by atoms with Crippen molar-refractivity contribution in [3.63, 3.8) is 0 Å². The van der Waals surface area contributed by atoms with Gasteiger partial charge in [0.25, 0.3) is 0 Å². The second-order valence-electron chi connectivity index (χ2n) is 1.15. The molecule has 0 unspecified atom stereocenters. The Hall–Kier alpha value is -1.38. The summed E-state index contributed by atoms with van der Waals surface area (Å²) < 4.78 is 0. The second-order valence-corrected chi connectivity index (χ2v) is 1.15. The number of carbonyl (C=O) groups is 4. The van der Waals surface area contributed by atoms with Crippen molar-refractivity contribution in [2.45, 2.75) is 0 Å². The number of hydrogen-bond donors (Lipinski definition) is 0. The Bertz CT molecular complexity index is 172. The molecule has 0 aliphatic rings. The van der Waals surface area contributed by atoms with Gasteiger partial charge in [0.15, 0.2) is 0 Å². The molecule has 0 aromatic rings. The van der Waals surface area contributed by atoms with Crippen LogP contribution in [0, 0.1) is 0 Å². The van der Waals surface area contributed by atoms with E-state index in [4.69, 9.17) is 39.6 Å². The maximum Gasteiger partial charge on any atom is 0.0870 e. The SMILES string of the molecule is O=C([O-])C(=O)[O-].O=C([O-])C(=O)[O-].[Nb]. The summed E-state index contributed by atoms with van der Waals surface area (Å²) in [5, 5.41) is 35.7. The van der Waals surface area contributed by atoms with Crippen molar-refractivity contribution in [3.8, 4) is 0 Å². The number of carboxylic acids is 4. The van der Waals surface area contributed by atoms with Gasteiger partial charge in [0.05, 0.1) is 23.9 Å². The van der Waals surface area contributed by atoms with Crippen LogP contribution in [0.4, 0.5) is 0 Å². The summed E-state index contributed by atoms with van der Waals surface area (Å²) >= 11 is 0. The third-order valence-corrected chi connectivity index (χ3v) is 0.333. The molecule has 0 aromatic carbocycles. The third-order valence-electron chi connectivity index (χ3n) is 0.333. The molecule has 8 nitrogen and oxygen atoms in total. The molecule has 0 atom stereocenters. The molecule has 0 saturated carbocycles. The molecule has 0 aliphatic heterocycles. The minimum Gasteiger partial charge on any atom is -0.543 e. The molecule has 0 bridgehead atoms. The molecule has 0 aliphatic carbocycles. The molecule has 0 fully saturated rings. The standard InChI is InChI=1S/2C2H2O4.Nb/c2*3-1(4)2(5)6;/h2*(H,3,4)(H,5,6);/p-4. The Morgan fingerprint density at radius 1 is 0.538 bits per heavy atom. The van der Waals surface area contributed by atoms with E-state index in [1.165, 1.54) is 0 Å². The van der Waals surface area contributed by atoms with Crippen molar-refractivity contribution in [2.24, 2.45) is 0 Å². The zero-order valence-corrected chi connectivity index (χ0v) is 7.91. The van der Waals surface area contributed by atoms with E-state index >= 15 is 0 Å². The van der Waals surface area contributed by atoms with Crippen LogP contribution in [-0.4, -0.2) is 23.9 Å². The topological polar surface area (TPSA) is 161 Å². The van der Waals surface area contributed by atoms with Gasteiger partial charge in [-0.3, -0.25) is 0 Å². The molecule has 9 heteroatoms. The molecule has 0 N–H and O–H groups in total. The Morgan fingerprint density at radius 3 is 0.615 bits per heavy atom. The summed E-state index contributed by atoms with van der Waals surface area (Å²) in [4.78, 5) is 35.7. The van der Waals surface area contributed by atoms with Gasteiger partial charge in [-0.15, -0.1) is 0 Å². The number of rotatable bonds is 0. The molecule has 0 spiro atoms. The summed E-state index contributed by atoms with van der Waals surface area (Å²) in [5.74, 6) is -8.74. The minimum atomic E-state index is -2.19. The van der Waals surface area contributed by atoms with Gasteiger partial charge in [-0.1, -0.05) is 0 Å². The molecule has 0 rings (SSSR count). The Morgan fingerprint density at radius 2 is 0.615 bits per heavy atom. The zero-order chi connectivity index (χ0) is 10.3. The van der Waals surface area contributed by atoms with E-state index in [0.29, 0.717) is 0 Å². The summed E-state index contributed by atoms with van der Waals surface area (Å²) in [6.07, 6.45) is 0. The first kappa shape index (κ1) is 17.6. The molecular formula is C4NbO8-4. The van der Waals surface area contributed by atoms with Crippen molar-refractivity contribution < 1.29 is 62.0 Å². The fourth-order valence-corrected chi connectivity index (χ4v) is 0. The van der Waals surface area contributed by atoms with E-state index in [2.05, 4.69) is 0 Å². The average Bonchev–Trinajstić information content (AvgIpc) is 1.88. The van der Waals surface area contributed by atoms with Gasteiger partial charge >= 0.3 is 0 Å². The summed E-state index contributed by atoms with van der Waals surface area (Å²) in [5.41, 5.74) is 0. The van der Waals surface area contributed by atoms with Crippen molar-refractivity contribution >= 4 is 23.9 Å². The van der Waals surface area contributed by atoms with Gasteiger partial charge in [0.1, 0.15) is 0 Å². The van der Waals surface area contributed by atoms with Gasteiger partial charge in [-0.2, -0.15) is 0 Å². The van der Waals surface area contributed by atoms with Gasteiger partial charge in [-0.05, 0) is 0 Å². The normalized spacial score (nSPS) is 6.77. The van der Waals surface area contributed by atoms with Crippen LogP contribution in [-0.2, 0) is 41.6 Å². The molecule has 0 aromatic heterocycles. The van der Waals surface area contributed by atoms with Gasteiger partial charge in [-0.25, -0.2) is 0 Å². The third kappa shape index (κ3) is 18.0.